The van der Waals surface area contributed by atoms with E-state index in [-0.39, 0.29) is 5.75 Å². The third-order valence-corrected chi connectivity index (χ3v) is 3.35. The van der Waals surface area contributed by atoms with Crippen LogP contribution < -0.4 is 0 Å². The van der Waals surface area contributed by atoms with Crippen molar-refractivity contribution in [1.82, 2.24) is 9.78 Å². The van der Waals surface area contributed by atoms with Gasteiger partial charge in [-0.15, -0.1) is 0 Å². The molecule has 74 valence electrons. The summed E-state index contributed by atoms with van der Waals surface area (Å²) >= 11 is 3.21. The monoisotopic (exact) mass is 268 g/mol. The van der Waals surface area contributed by atoms with Gasteiger partial charge in [0.1, 0.15) is 10.4 Å². The van der Waals surface area contributed by atoms with Crippen molar-refractivity contribution in [2.24, 2.45) is 7.05 Å². The Hall–Kier alpha value is -0.400. The second-order valence-electron chi connectivity index (χ2n) is 2.45. The quantitative estimate of drug-likeness (QED) is 0.756. The van der Waals surface area contributed by atoms with E-state index in [9.17, 15) is 8.42 Å². The molecule has 5 nitrogen and oxygen atoms in total. The van der Waals surface area contributed by atoms with Crippen molar-refractivity contribution in [1.29, 1.82) is 0 Å². The van der Waals surface area contributed by atoms with Crippen LogP contribution in [-0.2, 0) is 27.1 Å². The SMILES string of the molecule is COS(=O)(=O)Cc1cc(Br)n(C)n1. The zero-order chi connectivity index (χ0) is 10.1. The molecule has 0 N–H and O–H groups in total. The van der Waals surface area contributed by atoms with Crippen molar-refractivity contribution < 1.29 is 12.6 Å². The van der Waals surface area contributed by atoms with E-state index in [1.165, 1.54) is 0 Å². The Balaban J connectivity index is 2.87. The fourth-order valence-corrected chi connectivity index (χ4v) is 1.78. The highest BCUT2D eigenvalue weighted by Crippen LogP contribution is 2.12. The molecule has 0 unspecified atom stereocenters. The summed E-state index contributed by atoms with van der Waals surface area (Å²) in [6.45, 7) is 0. The number of hydrogen-bond acceptors (Lipinski definition) is 4. The van der Waals surface area contributed by atoms with E-state index in [1.807, 2.05) is 0 Å². The summed E-state index contributed by atoms with van der Waals surface area (Å²) in [7, 11) is -0.625. The Kier molecular flexibility index (Phi) is 3.09. The number of nitrogens with zero attached hydrogens (tertiary/aromatic N) is 2. The first kappa shape index (κ1) is 10.7. The number of aromatic nitrogens is 2. The lowest BCUT2D eigenvalue weighted by molar-refractivity contribution is 0.396. The van der Waals surface area contributed by atoms with Gasteiger partial charge >= 0.3 is 0 Å². The van der Waals surface area contributed by atoms with E-state index in [0.717, 1.165) is 11.7 Å². The summed E-state index contributed by atoms with van der Waals surface area (Å²) in [6.07, 6.45) is 0. The van der Waals surface area contributed by atoms with Crippen LogP contribution in [0, 0.1) is 0 Å². The fourth-order valence-electron chi connectivity index (χ4n) is 0.811. The molecule has 0 aliphatic heterocycles. The lowest BCUT2D eigenvalue weighted by Gasteiger charge is -1.96. The van der Waals surface area contributed by atoms with Gasteiger partial charge in [-0.2, -0.15) is 13.5 Å². The van der Waals surface area contributed by atoms with Crippen molar-refractivity contribution >= 4 is 26.0 Å². The highest BCUT2D eigenvalue weighted by atomic mass is 79.9. The maximum atomic E-state index is 11.0. The van der Waals surface area contributed by atoms with Gasteiger partial charge in [0.25, 0.3) is 10.1 Å². The van der Waals surface area contributed by atoms with Crippen molar-refractivity contribution in [3.63, 3.8) is 0 Å². The highest BCUT2D eigenvalue weighted by molar-refractivity contribution is 9.10. The third-order valence-electron chi connectivity index (χ3n) is 1.45. The number of aryl methyl sites for hydroxylation is 1. The minimum atomic E-state index is -3.47. The molecule has 0 saturated heterocycles. The third kappa shape index (κ3) is 2.78. The summed E-state index contributed by atoms with van der Waals surface area (Å²) in [5.41, 5.74) is 0.455. The molecule has 1 aromatic rings. The van der Waals surface area contributed by atoms with Gasteiger partial charge in [-0.05, 0) is 22.0 Å². The van der Waals surface area contributed by atoms with Crippen LogP contribution in [0.3, 0.4) is 0 Å². The second-order valence-corrected chi connectivity index (χ2v) is 5.00. The van der Waals surface area contributed by atoms with Gasteiger partial charge in [-0.25, -0.2) is 0 Å². The van der Waals surface area contributed by atoms with E-state index >= 15 is 0 Å². The molecular weight excluding hydrogens is 260 g/mol. The van der Waals surface area contributed by atoms with Crippen LogP contribution in [0.2, 0.25) is 0 Å². The Morgan fingerprint density at radius 3 is 2.69 bits per heavy atom. The lowest BCUT2D eigenvalue weighted by Crippen LogP contribution is -2.06. The predicted octanol–water partition coefficient (Wildman–Crippen LogP) is 0.659. The molecule has 7 heteroatoms. The van der Waals surface area contributed by atoms with Crippen LogP contribution in [0.4, 0.5) is 0 Å². The minimum Gasteiger partial charge on any atom is -0.273 e. The summed E-state index contributed by atoms with van der Waals surface area (Å²) in [5.74, 6) is -0.205. The fraction of sp³-hybridized carbons (Fsp3) is 0.500. The van der Waals surface area contributed by atoms with Gasteiger partial charge < -0.3 is 0 Å². The van der Waals surface area contributed by atoms with Crippen LogP contribution in [0.5, 0.6) is 0 Å². The zero-order valence-corrected chi connectivity index (χ0v) is 9.59. The molecule has 13 heavy (non-hydrogen) atoms. The Morgan fingerprint density at radius 1 is 1.69 bits per heavy atom. The molecule has 0 bridgehead atoms. The molecule has 0 aromatic carbocycles. The molecule has 1 heterocycles. The first-order valence-corrected chi connectivity index (χ1v) is 5.78. The summed E-state index contributed by atoms with van der Waals surface area (Å²) < 4.78 is 28.6. The van der Waals surface area contributed by atoms with E-state index in [1.54, 1.807) is 17.8 Å². The predicted molar refractivity (Wildman–Crippen MR) is 50.5 cm³/mol. The molecule has 0 saturated carbocycles. The van der Waals surface area contributed by atoms with Gasteiger partial charge in [0, 0.05) is 7.05 Å². The van der Waals surface area contributed by atoms with E-state index in [2.05, 4.69) is 25.2 Å². The van der Waals surface area contributed by atoms with Crippen molar-refractivity contribution in [2.75, 3.05) is 7.11 Å². The van der Waals surface area contributed by atoms with Gasteiger partial charge in [0.05, 0.1) is 12.8 Å². The Bertz CT molecular complexity index is 379. The van der Waals surface area contributed by atoms with Crippen LogP contribution in [-0.4, -0.2) is 25.3 Å². The lowest BCUT2D eigenvalue weighted by atomic mass is 10.5. The van der Waals surface area contributed by atoms with Crippen molar-refractivity contribution in [3.8, 4) is 0 Å². The van der Waals surface area contributed by atoms with Crippen molar-refractivity contribution in [2.45, 2.75) is 5.75 Å². The van der Waals surface area contributed by atoms with Gasteiger partial charge in [0.2, 0.25) is 0 Å². The maximum Gasteiger partial charge on any atom is 0.272 e. The number of rotatable bonds is 3. The van der Waals surface area contributed by atoms with Gasteiger partial charge in [0.15, 0.2) is 0 Å². The molecule has 0 amide bonds. The second kappa shape index (κ2) is 3.77. The molecule has 0 aliphatic rings. The van der Waals surface area contributed by atoms with Crippen LogP contribution in [0.15, 0.2) is 10.7 Å². The summed E-state index contributed by atoms with van der Waals surface area (Å²) in [5, 5.41) is 3.95. The first-order chi connectivity index (χ1) is 5.94. The molecule has 0 radical (unpaired) electrons. The van der Waals surface area contributed by atoms with Crippen LogP contribution in [0.1, 0.15) is 5.69 Å². The highest BCUT2D eigenvalue weighted by Gasteiger charge is 2.13. The van der Waals surface area contributed by atoms with E-state index in [0.29, 0.717) is 5.69 Å². The molecule has 0 atom stereocenters. The minimum absolute atomic E-state index is 0.205. The normalized spacial score (nSPS) is 11.9. The molecular formula is C6H9BrN2O3S. The van der Waals surface area contributed by atoms with Crippen LogP contribution >= 0.6 is 15.9 Å². The molecule has 1 aromatic heterocycles. The van der Waals surface area contributed by atoms with E-state index < -0.39 is 10.1 Å². The smallest absolute Gasteiger partial charge is 0.272 e. The largest absolute Gasteiger partial charge is 0.273 e. The molecule has 0 spiro atoms. The average molecular weight is 269 g/mol. The molecule has 0 aliphatic carbocycles. The van der Waals surface area contributed by atoms with Crippen molar-refractivity contribution in [3.05, 3.63) is 16.4 Å². The Morgan fingerprint density at radius 2 is 2.31 bits per heavy atom. The van der Waals surface area contributed by atoms with Crippen LogP contribution in [0.25, 0.3) is 0 Å². The zero-order valence-electron chi connectivity index (χ0n) is 7.19. The topological polar surface area (TPSA) is 61.2 Å². The Labute approximate surface area is 84.9 Å². The molecule has 0 fully saturated rings. The van der Waals surface area contributed by atoms with Gasteiger partial charge in [-0.3, -0.25) is 8.86 Å². The first-order valence-electron chi connectivity index (χ1n) is 3.41. The van der Waals surface area contributed by atoms with E-state index in [4.69, 9.17) is 0 Å². The van der Waals surface area contributed by atoms with Gasteiger partial charge in [-0.1, -0.05) is 0 Å². The summed E-state index contributed by atoms with van der Waals surface area (Å²) in [4.78, 5) is 0. The average Bonchev–Trinajstić information content (AvgIpc) is 2.30. The number of halogens is 1. The maximum absolute atomic E-state index is 11.0. The number of hydrogen-bond donors (Lipinski definition) is 0. The molecule has 1 rings (SSSR count). The summed E-state index contributed by atoms with van der Waals surface area (Å²) in [6, 6.07) is 1.64. The standard InChI is InChI=1S/C6H9BrN2O3S/c1-9-6(7)3-5(8-9)4-13(10,11)12-2/h3H,4H2,1-2H3.